The van der Waals surface area contributed by atoms with Gasteiger partial charge in [0.15, 0.2) is 0 Å². The number of hydrogen-bond donors (Lipinski definition) is 1. The highest BCUT2D eigenvalue weighted by molar-refractivity contribution is 5.84. The summed E-state index contributed by atoms with van der Waals surface area (Å²) in [6, 6.07) is 15.3. The van der Waals surface area contributed by atoms with Gasteiger partial charge in [-0.25, -0.2) is 4.39 Å². The van der Waals surface area contributed by atoms with Gasteiger partial charge in [0.2, 0.25) is 0 Å². The van der Waals surface area contributed by atoms with Gasteiger partial charge in [0, 0.05) is 29.6 Å². The van der Waals surface area contributed by atoms with Crippen LogP contribution in [0.15, 0.2) is 54.7 Å². The Labute approximate surface area is 130 Å². The largest absolute Gasteiger partial charge is 0.347 e. The van der Waals surface area contributed by atoms with Gasteiger partial charge in [-0.2, -0.15) is 0 Å². The number of nitrogens with two attached hydrogens (primary N) is 1. The molecule has 1 aromatic heterocycles. The van der Waals surface area contributed by atoms with E-state index in [4.69, 9.17) is 5.73 Å². The Morgan fingerprint density at radius 3 is 2.55 bits per heavy atom. The number of fused-ring (bicyclic) bond motifs is 1. The van der Waals surface area contributed by atoms with Crippen LogP contribution in [0.1, 0.15) is 24.0 Å². The van der Waals surface area contributed by atoms with Gasteiger partial charge in [-0.1, -0.05) is 36.4 Å². The highest BCUT2D eigenvalue weighted by atomic mass is 19.1. The molecule has 0 aliphatic heterocycles. The minimum atomic E-state index is -0.169. The first kappa shape index (κ1) is 14.8. The molecule has 0 aliphatic rings. The topological polar surface area (TPSA) is 30.9 Å². The van der Waals surface area contributed by atoms with Crippen molar-refractivity contribution in [2.45, 2.75) is 25.8 Å². The van der Waals surface area contributed by atoms with Crippen LogP contribution in [0.25, 0.3) is 10.9 Å². The summed E-state index contributed by atoms with van der Waals surface area (Å²) in [4.78, 5) is 0. The van der Waals surface area contributed by atoms with E-state index in [1.807, 2.05) is 18.2 Å². The van der Waals surface area contributed by atoms with Gasteiger partial charge in [-0.05, 0) is 43.1 Å². The van der Waals surface area contributed by atoms with Crippen LogP contribution in [0.2, 0.25) is 0 Å². The second kappa shape index (κ2) is 6.32. The van der Waals surface area contributed by atoms with E-state index in [0.29, 0.717) is 12.1 Å². The molecule has 0 spiro atoms. The summed E-state index contributed by atoms with van der Waals surface area (Å²) in [6.07, 6.45) is 2.93. The molecule has 0 saturated carbocycles. The summed E-state index contributed by atoms with van der Waals surface area (Å²) in [5, 5.41) is 1.24. The number of aryl methyl sites for hydroxylation is 1. The van der Waals surface area contributed by atoms with Gasteiger partial charge in [0.25, 0.3) is 0 Å². The van der Waals surface area contributed by atoms with Crippen molar-refractivity contribution in [1.29, 1.82) is 0 Å². The van der Waals surface area contributed by atoms with Crippen LogP contribution in [0.3, 0.4) is 0 Å². The van der Waals surface area contributed by atoms with E-state index in [1.165, 1.54) is 22.5 Å². The molecule has 0 aliphatic carbocycles. The summed E-state index contributed by atoms with van der Waals surface area (Å²) in [7, 11) is 0. The smallest absolute Gasteiger partial charge is 0.126 e. The summed E-state index contributed by atoms with van der Waals surface area (Å²) < 4.78 is 16.3. The van der Waals surface area contributed by atoms with E-state index in [9.17, 15) is 4.39 Å². The van der Waals surface area contributed by atoms with Gasteiger partial charge in [-0.15, -0.1) is 0 Å². The molecule has 3 heteroatoms. The average molecular weight is 296 g/mol. The molecule has 1 atom stereocenters. The van der Waals surface area contributed by atoms with Gasteiger partial charge < -0.3 is 10.3 Å². The second-order valence-corrected chi connectivity index (χ2v) is 5.62. The molecule has 1 unspecified atom stereocenters. The van der Waals surface area contributed by atoms with Crippen molar-refractivity contribution >= 4 is 10.9 Å². The molecule has 0 fully saturated rings. The molecule has 3 rings (SSSR count). The van der Waals surface area contributed by atoms with Crippen LogP contribution in [0, 0.1) is 5.82 Å². The van der Waals surface area contributed by atoms with Crippen LogP contribution in [0.5, 0.6) is 0 Å². The number of para-hydroxylation sites is 1. The third-order valence-corrected chi connectivity index (χ3v) is 4.31. The van der Waals surface area contributed by atoms with E-state index >= 15 is 0 Å². The van der Waals surface area contributed by atoms with E-state index in [1.54, 1.807) is 6.07 Å². The van der Waals surface area contributed by atoms with Crippen LogP contribution in [-0.4, -0.2) is 11.1 Å². The average Bonchev–Trinajstić information content (AvgIpc) is 2.91. The molecule has 0 bridgehead atoms. The third kappa shape index (κ3) is 2.64. The standard InChI is InChI=1S/C19H21FN2/c1-2-22-13-15(17-8-4-6-10-19(17)22)11-14(12-21)16-7-3-5-9-18(16)20/h3-10,13-14H,2,11-12,21H2,1H3. The zero-order chi connectivity index (χ0) is 15.5. The predicted molar refractivity (Wildman–Crippen MR) is 89.5 cm³/mol. The first-order valence-electron chi connectivity index (χ1n) is 7.75. The summed E-state index contributed by atoms with van der Waals surface area (Å²) in [5.41, 5.74) is 9.10. The molecule has 3 aromatic rings. The zero-order valence-corrected chi connectivity index (χ0v) is 12.8. The predicted octanol–water partition coefficient (Wildman–Crippen LogP) is 4.09. The Hall–Kier alpha value is -2.13. The van der Waals surface area contributed by atoms with Crippen LogP contribution in [0.4, 0.5) is 4.39 Å². The molecular weight excluding hydrogens is 275 g/mol. The lowest BCUT2D eigenvalue weighted by Gasteiger charge is -2.15. The Balaban J connectivity index is 2.00. The van der Waals surface area contributed by atoms with E-state index in [2.05, 4.69) is 35.9 Å². The first-order valence-corrected chi connectivity index (χ1v) is 7.75. The van der Waals surface area contributed by atoms with Crippen LogP contribution in [-0.2, 0) is 13.0 Å². The van der Waals surface area contributed by atoms with Gasteiger partial charge >= 0.3 is 0 Å². The maximum atomic E-state index is 14.1. The number of nitrogens with zero attached hydrogens (tertiary/aromatic N) is 1. The van der Waals surface area contributed by atoms with Crippen molar-refractivity contribution in [3.05, 3.63) is 71.7 Å². The van der Waals surface area contributed by atoms with E-state index in [-0.39, 0.29) is 11.7 Å². The Morgan fingerprint density at radius 1 is 1.09 bits per heavy atom. The maximum Gasteiger partial charge on any atom is 0.126 e. The third-order valence-electron chi connectivity index (χ3n) is 4.31. The second-order valence-electron chi connectivity index (χ2n) is 5.62. The summed E-state index contributed by atoms with van der Waals surface area (Å²) in [6.45, 7) is 3.49. The Morgan fingerprint density at radius 2 is 1.82 bits per heavy atom. The molecule has 114 valence electrons. The SMILES string of the molecule is CCn1cc(CC(CN)c2ccccc2F)c2ccccc21. The minimum absolute atomic E-state index is 0.00249. The molecule has 0 radical (unpaired) electrons. The van der Waals surface area contributed by atoms with Crippen molar-refractivity contribution in [3.63, 3.8) is 0 Å². The lowest BCUT2D eigenvalue weighted by molar-refractivity contribution is 0.576. The number of rotatable bonds is 5. The van der Waals surface area contributed by atoms with Gasteiger partial charge in [-0.3, -0.25) is 0 Å². The van der Waals surface area contributed by atoms with Crippen molar-refractivity contribution in [3.8, 4) is 0 Å². The van der Waals surface area contributed by atoms with E-state index < -0.39 is 0 Å². The molecule has 22 heavy (non-hydrogen) atoms. The maximum absolute atomic E-state index is 14.1. The molecule has 2 nitrogen and oxygen atoms in total. The molecule has 2 aromatic carbocycles. The lowest BCUT2D eigenvalue weighted by Crippen LogP contribution is -2.16. The van der Waals surface area contributed by atoms with Gasteiger partial charge in [0.1, 0.15) is 5.82 Å². The van der Waals surface area contributed by atoms with Crippen molar-refractivity contribution in [2.75, 3.05) is 6.54 Å². The van der Waals surface area contributed by atoms with Crippen molar-refractivity contribution in [2.24, 2.45) is 5.73 Å². The molecule has 1 heterocycles. The summed E-state index contributed by atoms with van der Waals surface area (Å²) in [5.74, 6) is -0.172. The number of halogens is 1. The fourth-order valence-corrected chi connectivity index (χ4v) is 3.14. The molecule has 0 saturated heterocycles. The monoisotopic (exact) mass is 296 g/mol. The van der Waals surface area contributed by atoms with E-state index in [0.717, 1.165) is 13.0 Å². The molecule has 2 N–H and O–H groups in total. The highest BCUT2D eigenvalue weighted by Crippen LogP contribution is 2.28. The van der Waals surface area contributed by atoms with Crippen LogP contribution < -0.4 is 5.73 Å². The molecular formula is C19H21FN2. The number of benzene rings is 2. The fourth-order valence-electron chi connectivity index (χ4n) is 3.14. The Kier molecular flexibility index (Phi) is 4.25. The Bertz CT molecular complexity index is 776. The first-order chi connectivity index (χ1) is 10.7. The minimum Gasteiger partial charge on any atom is -0.347 e. The van der Waals surface area contributed by atoms with Crippen molar-refractivity contribution < 1.29 is 4.39 Å². The van der Waals surface area contributed by atoms with Gasteiger partial charge in [0.05, 0.1) is 0 Å². The van der Waals surface area contributed by atoms with Crippen LogP contribution >= 0.6 is 0 Å². The normalized spacial score (nSPS) is 12.7. The fraction of sp³-hybridized carbons (Fsp3) is 0.263. The number of hydrogen-bond acceptors (Lipinski definition) is 1. The lowest BCUT2D eigenvalue weighted by atomic mass is 9.91. The number of aromatic nitrogens is 1. The summed E-state index contributed by atoms with van der Waals surface area (Å²) >= 11 is 0. The highest BCUT2D eigenvalue weighted by Gasteiger charge is 2.17. The van der Waals surface area contributed by atoms with Crippen molar-refractivity contribution in [1.82, 2.24) is 4.57 Å². The quantitative estimate of drug-likeness (QED) is 0.755. The zero-order valence-electron chi connectivity index (χ0n) is 12.8. The molecule has 0 amide bonds.